The highest BCUT2D eigenvalue weighted by atomic mass is 32.2. The Kier molecular flexibility index (Phi) is 6.87. The number of benzene rings is 2. The first-order chi connectivity index (χ1) is 13.0. The van der Waals surface area contributed by atoms with Crippen LogP contribution in [-0.2, 0) is 9.53 Å². The summed E-state index contributed by atoms with van der Waals surface area (Å²) in [5.74, 6) is -2.57. The first kappa shape index (κ1) is 19.9. The third kappa shape index (κ3) is 5.04. The highest BCUT2D eigenvalue weighted by Crippen LogP contribution is 2.32. The van der Waals surface area contributed by atoms with Gasteiger partial charge >= 0.3 is 5.97 Å². The summed E-state index contributed by atoms with van der Waals surface area (Å²) in [5.41, 5.74) is 0.643. The number of hydrogen-bond acceptors (Lipinski definition) is 7. The van der Waals surface area contributed by atoms with E-state index in [0.29, 0.717) is 15.4 Å². The fourth-order valence-electron chi connectivity index (χ4n) is 2.20. The van der Waals surface area contributed by atoms with Crippen LogP contribution < -0.4 is 0 Å². The van der Waals surface area contributed by atoms with Crippen LogP contribution >= 0.6 is 11.8 Å². The molecule has 0 spiro atoms. The molecule has 134 valence electrons. The second kappa shape index (κ2) is 9.33. The Balaban J connectivity index is 2.17. The van der Waals surface area contributed by atoms with E-state index >= 15 is 0 Å². The molecule has 0 aliphatic rings. The average Bonchev–Trinajstić information content (AvgIpc) is 2.67. The third-order valence-corrected chi connectivity index (χ3v) is 4.72. The number of carbonyl (C=O) groups is 2. The normalized spacial score (nSPS) is 10.9. The minimum atomic E-state index is -1.22. The van der Waals surface area contributed by atoms with Gasteiger partial charge in [0.25, 0.3) is 0 Å². The van der Waals surface area contributed by atoms with Gasteiger partial charge in [-0.15, -0.1) is 0 Å². The van der Waals surface area contributed by atoms with Gasteiger partial charge in [-0.25, -0.2) is 4.79 Å². The molecule has 0 aliphatic heterocycles. The SMILES string of the molecule is CC(=N)C(C#N)C(=O)COC(=O)c1ccccc1Sc1ccccc1C#N. The number of rotatable bonds is 7. The van der Waals surface area contributed by atoms with Gasteiger partial charge in [-0.1, -0.05) is 36.0 Å². The van der Waals surface area contributed by atoms with Gasteiger partial charge in [-0.2, -0.15) is 10.5 Å². The molecule has 0 saturated heterocycles. The summed E-state index contributed by atoms with van der Waals surface area (Å²) >= 11 is 1.25. The average molecular weight is 377 g/mol. The van der Waals surface area contributed by atoms with Crippen LogP contribution in [0.15, 0.2) is 58.3 Å². The number of carbonyl (C=O) groups excluding carboxylic acids is 2. The van der Waals surface area contributed by atoms with Crippen LogP contribution in [0.2, 0.25) is 0 Å². The lowest BCUT2D eigenvalue weighted by Crippen LogP contribution is -2.25. The van der Waals surface area contributed by atoms with Crippen molar-refractivity contribution in [3.05, 3.63) is 59.7 Å². The highest BCUT2D eigenvalue weighted by molar-refractivity contribution is 7.99. The van der Waals surface area contributed by atoms with Crippen LogP contribution in [0.25, 0.3) is 0 Å². The predicted octanol–water partition coefficient (Wildman–Crippen LogP) is 3.61. The molecule has 2 aromatic carbocycles. The lowest BCUT2D eigenvalue weighted by Gasteiger charge is -2.11. The van der Waals surface area contributed by atoms with Crippen molar-refractivity contribution >= 4 is 29.2 Å². The number of nitriles is 2. The zero-order valence-corrected chi connectivity index (χ0v) is 15.2. The van der Waals surface area contributed by atoms with Crippen molar-refractivity contribution in [2.75, 3.05) is 6.61 Å². The van der Waals surface area contributed by atoms with E-state index < -0.39 is 24.3 Å². The number of hydrogen-bond donors (Lipinski definition) is 1. The standard InChI is InChI=1S/C20H15N3O3S/c1-13(23)16(11-22)17(24)12-26-20(25)15-7-3-5-9-19(15)27-18-8-4-2-6-14(18)10-21/h2-9,16,23H,12H2,1H3. The Morgan fingerprint density at radius 3 is 2.37 bits per heavy atom. The summed E-state index contributed by atoms with van der Waals surface area (Å²) in [6.45, 7) is 0.771. The molecular formula is C20H15N3O3S. The van der Waals surface area contributed by atoms with Crippen LogP contribution in [-0.4, -0.2) is 24.1 Å². The van der Waals surface area contributed by atoms with E-state index in [9.17, 15) is 14.9 Å². The van der Waals surface area contributed by atoms with Gasteiger partial charge in [-0.05, 0) is 31.2 Å². The van der Waals surface area contributed by atoms with Crippen LogP contribution in [0.5, 0.6) is 0 Å². The van der Waals surface area contributed by atoms with Crippen molar-refractivity contribution in [1.82, 2.24) is 0 Å². The molecule has 2 aromatic rings. The molecule has 0 bridgehead atoms. The van der Waals surface area contributed by atoms with Crippen LogP contribution in [0.3, 0.4) is 0 Å². The van der Waals surface area contributed by atoms with Gasteiger partial charge in [0.1, 0.15) is 12.0 Å². The number of Topliss-reactive ketones (excluding diaryl/α,β-unsaturated/α-hetero) is 1. The van der Waals surface area contributed by atoms with E-state index in [4.69, 9.17) is 15.4 Å². The molecule has 1 N–H and O–H groups in total. The van der Waals surface area contributed by atoms with Gasteiger partial charge in [0, 0.05) is 15.5 Å². The lowest BCUT2D eigenvalue weighted by atomic mass is 10.0. The molecule has 6 nitrogen and oxygen atoms in total. The first-order valence-corrected chi connectivity index (χ1v) is 8.70. The number of ether oxygens (including phenoxy) is 1. The van der Waals surface area contributed by atoms with E-state index in [2.05, 4.69) is 6.07 Å². The molecule has 0 heterocycles. The summed E-state index contributed by atoms with van der Waals surface area (Å²) < 4.78 is 5.04. The van der Waals surface area contributed by atoms with Crippen LogP contribution in [0.4, 0.5) is 0 Å². The molecule has 0 aromatic heterocycles. The number of nitrogens with zero attached hydrogens (tertiary/aromatic N) is 2. The van der Waals surface area contributed by atoms with Crippen molar-refractivity contribution in [3.8, 4) is 12.1 Å². The molecule has 0 fully saturated rings. The topological polar surface area (TPSA) is 115 Å². The molecule has 0 amide bonds. The van der Waals surface area contributed by atoms with E-state index in [-0.39, 0.29) is 11.3 Å². The van der Waals surface area contributed by atoms with Gasteiger partial charge < -0.3 is 10.1 Å². The van der Waals surface area contributed by atoms with Crippen molar-refractivity contribution < 1.29 is 14.3 Å². The van der Waals surface area contributed by atoms with Crippen molar-refractivity contribution in [3.63, 3.8) is 0 Å². The monoisotopic (exact) mass is 377 g/mol. The van der Waals surface area contributed by atoms with E-state index in [0.717, 1.165) is 0 Å². The smallest absolute Gasteiger partial charge is 0.339 e. The van der Waals surface area contributed by atoms with E-state index in [1.54, 1.807) is 54.6 Å². The molecule has 1 atom stereocenters. The Hall–Kier alpha value is -3.42. The molecule has 27 heavy (non-hydrogen) atoms. The zero-order chi connectivity index (χ0) is 19.8. The zero-order valence-electron chi connectivity index (χ0n) is 14.4. The summed E-state index contributed by atoms with van der Waals surface area (Å²) in [5, 5.41) is 25.5. The van der Waals surface area contributed by atoms with Crippen molar-refractivity contribution in [2.45, 2.75) is 16.7 Å². The summed E-state index contributed by atoms with van der Waals surface area (Å²) in [4.78, 5) is 25.6. The molecule has 7 heteroatoms. The van der Waals surface area contributed by atoms with Gasteiger partial charge in [-0.3, -0.25) is 4.79 Å². The number of nitrogens with one attached hydrogen (secondary N) is 1. The Morgan fingerprint density at radius 2 is 1.74 bits per heavy atom. The largest absolute Gasteiger partial charge is 0.454 e. The fraction of sp³-hybridized carbons (Fsp3) is 0.150. The number of esters is 1. The lowest BCUT2D eigenvalue weighted by molar-refractivity contribution is -0.122. The maximum Gasteiger partial charge on any atom is 0.339 e. The highest BCUT2D eigenvalue weighted by Gasteiger charge is 2.22. The molecule has 0 saturated carbocycles. The Labute approximate surface area is 160 Å². The van der Waals surface area contributed by atoms with Crippen molar-refractivity contribution in [2.24, 2.45) is 5.92 Å². The maximum atomic E-state index is 12.4. The molecule has 0 radical (unpaired) electrons. The Bertz CT molecular complexity index is 973. The van der Waals surface area contributed by atoms with Crippen molar-refractivity contribution in [1.29, 1.82) is 15.9 Å². The second-order valence-electron chi connectivity index (χ2n) is 5.49. The summed E-state index contributed by atoms with van der Waals surface area (Å²) in [6.07, 6.45) is 0. The summed E-state index contributed by atoms with van der Waals surface area (Å²) in [6, 6.07) is 17.5. The van der Waals surface area contributed by atoms with Gasteiger partial charge in [0.2, 0.25) is 0 Å². The molecular weight excluding hydrogens is 362 g/mol. The minimum absolute atomic E-state index is 0.0948. The second-order valence-corrected chi connectivity index (χ2v) is 6.58. The first-order valence-electron chi connectivity index (χ1n) is 7.88. The van der Waals surface area contributed by atoms with E-state index in [1.165, 1.54) is 18.7 Å². The summed E-state index contributed by atoms with van der Waals surface area (Å²) in [7, 11) is 0. The fourth-order valence-corrected chi connectivity index (χ4v) is 3.21. The molecule has 2 rings (SSSR count). The third-order valence-electron chi connectivity index (χ3n) is 3.56. The maximum absolute atomic E-state index is 12.4. The van der Waals surface area contributed by atoms with Gasteiger partial charge in [0.05, 0.1) is 17.2 Å². The van der Waals surface area contributed by atoms with E-state index in [1.807, 2.05) is 0 Å². The molecule has 1 unspecified atom stereocenters. The van der Waals surface area contributed by atoms with Crippen LogP contribution in [0.1, 0.15) is 22.8 Å². The minimum Gasteiger partial charge on any atom is -0.454 e. The predicted molar refractivity (Wildman–Crippen MR) is 99.5 cm³/mol. The number of ketones is 1. The quantitative estimate of drug-likeness (QED) is 0.582. The molecule has 0 aliphatic carbocycles. The Morgan fingerprint density at radius 1 is 1.11 bits per heavy atom. The van der Waals surface area contributed by atoms with Crippen LogP contribution in [0, 0.1) is 34.0 Å². The van der Waals surface area contributed by atoms with Gasteiger partial charge in [0.15, 0.2) is 12.4 Å².